The third-order valence-electron chi connectivity index (χ3n) is 5.37. The van der Waals surface area contributed by atoms with Gasteiger partial charge in [-0.15, -0.1) is 11.3 Å². The summed E-state index contributed by atoms with van der Waals surface area (Å²) in [7, 11) is 0. The fourth-order valence-corrected chi connectivity index (χ4v) is 6.10. The zero-order chi connectivity index (χ0) is 19.8. The number of aryl methyl sites for hydroxylation is 3. The molecule has 6 heteroatoms. The Morgan fingerprint density at radius 2 is 1.96 bits per heavy atom. The molecule has 1 aromatic carbocycles. The van der Waals surface area contributed by atoms with E-state index in [0.29, 0.717) is 25.2 Å². The molecule has 0 saturated heterocycles. The summed E-state index contributed by atoms with van der Waals surface area (Å²) in [5.41, 5.74) is 3.38. The van der Waals surface area contributed by atoms with Crippen molar-refractivity contribution in [1.82, 2.24) is 9.55 Å². The summed E-state index contributed by atoms with van der Waals surface area (Å²) in [5, 5.41) is 1.70. The SMILES string of the molecule is CCc1sc2nc(S[C@@H]3CCC(=O)C3)n(Cc3ccc(C)cc3)c(=O)c2c1C. The second-order valence-corrected chi connectivity index (χ2v) is 9.83. The molecule has 28 heavy (non-hydrogen) atoms. The molecular weight excluding hydrogens is 388 g/mol. The standard InChI is InChI=1S/C22H24N2O2S2/c1-4-18-14(3)19-20(28-18)23-22(27-17-10-9-16(25)11-17)24(21(19)26)12-15-7-5-13(2)6-8-15/h5-8,17H,4,9-12H2,1-3H3/t17-/m1/s1. The van der Waals surface area contributed by atoms with Crippen LogP contribution < -0.4 is 5.56 Å². The highest BCUT2D eigenvalue weighted by Crippen LogP contribution is 2.35. The average molecular weight is 413 g/mol. The lowest BCUT2D eigenvalue weighted by Crippen LogP contribution is -2.24. The first-order valence-corrected chi connectivity index (χ1v) is 11.4. The maximum atomic E-state index is 13.5. The van der Waals surface area contributed by atoms with Crippen molar-refractivity contribution >= 4 is 39.1 Å². The molecule has 4 nitrogen and oxygen atoms in total. The maximum absolute atomic E-state index is 13.5. The number of carbonyl (C=O) groups excluding carboxylic acids is 1. The van der Waals surface area contributed by atoms with Crippen LogP contribution in [0.5, 0.6) is 0 Å². The van der Waals surface area contributed by atoms with E-state index in [9.17, 15) is 9.59 Å². The van der Waals surface area contributed by atoms with Gasteiger partial charge in [-0.1, -0.05) is 48.5 Å². The molecule has 0 aliphatic heterocycles. The molecule has 0 spiro atoms. The minimum atomic E-state index is 0.0332. The van der Waals surface area contributed by atoms with Gasteiger partial charge in [0.1, 0.15) is 10.6 Å². The zero-order valence-corrected chi connectivity index (χ0v) is 18.1. The first-order chi connectivity index (χ1) is 13.5. The fraction of sp³-hybridized carbons (Fsp3) is 0.409. The van der Waals surface area contributed by atoms with Crippen LogP contribution in [0.2, 0.25) is 0 Å². The number of ketones is 1. The van der Waals surface area contributed by atoms with Crippen LogP contribution in [0.3, 0.4) is 0 Å². The molecule has 1 aliphatic carbocycles. The summed E-state index contributed by atoms with van der Waals surface area (Å²) in [6.45, 7) is 6.70. The van der Waals surface area contributed by atoms with E-state index in [4.69, 9.17) is 4.98 Å². The third kappa shape index (κ3) is 3.67. The topological polar surface area (TPSA) is 52.0 Å². The predicted octanol–water partition coefficient (Wildman–Crippen LogP) is 4.90. The van der Waals surface area contributed by atoms with E-state index in [-0.39, 0.29) is 10.8 Å². The Bertz CT molecular complexity index is 1100. The molecule has 1 aliphatic rings. The predicted molar refractivity (Wildman–Crippen MR) is 117 cm³/mol. The van der Waals surface area contributed by atoms with Gasteiger partial charge in [0.15, 0.2) is 5.16 Å². The summed E-state index contributed by atoms with van der Waals surface area (Å²) >= 11 is 3.22. The van der Waals surface area contributed by atoms with Gasteiger partial charge in [-0.3, -0.25) is 14.2 Å². The number of aromatic nitrogens is 2. The van der Waals surface area contributed by atoms with E-state index in [1.807, 2.05) is 6.92 Å². The van der Waals surface area contributed by atoms with E-state index in [1.165, 1.54) is 10.4 Å². The van der Waals surface area contributed by atoms with Gasteiger partial charge in [-0.05, 0) is 37.8 Å². The van der Waals surface area contributed by atoms with Crippen molar-refractivity contribution in [1.29, 1.82) is 0 Å². The van der Waals surface area contributed by atoms with Crippen LogP contribution in [-0.4, -0.2) is 20.6 Å². The molecule has 0 radical (unpaired) electrons. The van der Waals surface area contributed by atoms with Gasteiger partial charge in [0.05, 0.1) is 11.9 Å². The number of Topliss-reactive ketones (excluding diaryl/α,β-unsaturated/α-hetero) is 1. The van der Waals surface area contributed by atoms with Crippen molar-refractivity contribution in [3.63, 3.8) is 0 Å². The molecule has 1 saturated carbocycles. The maximum Gasteiger partial charge on any atom is 0.263 e. The number of thiophene rings is 1. The van der Waals surface area contributed by atoms with Crippen LogP contribution >= 0.6 is 23.1 Å². The van der Waals surface area contributed by atoms with E-state index in [2.05, 4.69) is 38.1 Å². The van der Waals surface area contributed by atoms with Crippen molar-refractivity contribution in [2.75, 3.05) is 0 Å². The third-order valence-corrected chi connectivity index (χ3v) is 7.96. The van der Waals surface area contributed by atoms with Gasteiger partial charge in [0.2, 0.25) is 0 Å². The van der Waals surface area contributed by atoms with Crippen LogP contribution in [-0.2, 0) is 17.8 Å². The summed E-state index contributed by atoms with van der Waals surface area (Å²) in [5.74, 6) is 0.311. The quantitative estimate of drug-likeness (QED) is 0.559. The molecule has 3 aromatic rings. The number of nitrogens with zero attached hydrogens (tertiary/aromatic N) is 2. The van der Waals surface area contributed by atoms with Crippen LogP contribution in [0.4, 0.5) is 0 Å². The Labute approximate surface area is 173 Å². The highest BCUT2D eigenvalue weighted by atomic mass is 32.2. The highest BCUT2D eigenvalue weighted by molar-refractivity contribution is 7.99. The van der Waals surface area contributed by atoms with Crippen LogP contribution in [0.1, 0.15) is 47.8 Å². The molecule has 1 atom stereocenters. The molecule has 146 valence electrons. The molecule has 0 N–H and O–H groups in total. The first kappa shape index (κ1) is 19.4. The monoisotopic (exact) mass is 412 g/mol. The molecular formula is C22H24N2O2S2. The second kappa shape index (κ2) is 7.84. The largest absolute Gasteiger partial charge is 0.300 e. The van der Waals surface area contributed by atoms with Gasteiger partial charge < -0.3 is 0 Å². The second-order valence-electron chi connectivity index (χ2n) is 7.48. The molecule has 0 amide bonds. The minimum absolute atomic E-state index is 0.0332. The Kier molecular flexibility index (Phi) is 5.43. The van der Waals surface area contributed by atoms with Crippen molar-refractivity contribution in [2.24, 2.45) is 0 Å². The molecule has 0 unspecified atom stereocenters. The van der Waals surface area contributed by atoms with Crippen LogP contribution in [0.25, 0.3) is 10.2 Å². The van der Waals surface area contributed by atoms with Crippen LogP contribution in [0.15, 0.2) is 34.2 Å². The smallest absolute Gasteiger partial charge is 0.263 e. The van der Waals surface area contributed by atoms with Gasteiger partial charge in [0.25, 0.3) is 5.56 Å². The number of thioether (sulfide) groups is 1. The number of hydrogen-bond donors (Lipinski definition) is 0. The van der Waals surface area contributed by atoms with Gasteiger partial charge in [-0.2, -0.15) is 0 Å². The Morgan fingerprint density at radius 3 is 2.61 bits per heavy atom. The number of benzene rings is 1. The summed E-state index contributed by atoms with van der Waals surface area (Å²) in [6, 6.07) is 8.27. The zero-order valence-electron chi connectivity index (χ0n) is 16.4. The Balaban J connectivity index is 1.82. The Hall–Kier alpha value is -1.92. The molecule has 1 fully saturated rings. The highest BCUT2D eigenvalue weighted by Gasteiger charge is 2.26. The number of fused-ring (bicyclic) bond motifs is 1. The molecule has 2 heterocycles. The van der Waals surface area contributed by atoms with E-state index >= 15 is 0 Å². The molecule has 2 aromatic heterocycles. The van der Waals surface area contributed by atoms with Crippen LogP contribution in [0, 0.1) is 13.8 Å². The van der Waals surface area contributed by atoms with Crippen molar-refractivity contribution in [3.8, 4) is 0 Å². The normalized spacial score (nSPS) is 17.0. The number of rotatable bonds is 5. The van der Waals surface area contributed by atoms with E-state index < -0.39 is 0 Å². The summed E-state index contributed by atoms with van der Waals surface area (Å²) < 4.78 is 1.81. The Morgan fingerprint density at radius 1 is 1.21 bits per heavy atom. The lowest BCUT2D eigenvalue weighted by atomic mass is 10.1. The minimum Gasteiger partial charge on any atom is -0.300 e. The summed E-state index contributed by atoms with van der Waals surface area (Å²) in [6.07, 6.45) is 2.99. The van der Waals surface area contributed by atoms with Crippen molar-refractivity contribution in [2.45, 2.75) is 63.4 Å². The number of hydrogen-bond acceptors (Lipinski definition) is 5. The van der Waals surface area contributed by atoms with E-state index in [1.54, 1.807) is 27.7 Å². The van der Waals surface area contributed by atoms with Gasteiger partial charge in [0, 0.05) is 23.0 Å². The molecule has 4 rings (SSSR count). The molecule has 0 bridgehead atoms. The van der Waals surface area contributed by atoms with Crippen molar-refractivity contribution < 1.29 is 4.79 Å². The lowest BCUT2D eigenvalue weighted by molar-refractivity contribution is -0.117. The van der Waals surface area contributed by atoms with Gasteiger partial charge >= 0.3 is 0 Å². The first-order valence-electron chi connectivity index (χ1n) is 9.73. The van der Waals surface area contributed by atoms with Gasteiger partial charge in [-0.25, -0.2) is 4.98 Å². The lowest BCUT2D eigenvalue weighted by Gasteiger charge is -2.15. The number of carbonyl (C=O) groups is 1. The summed E-state index contributed by atoms with van der Waals surface area (Å²) in [4.78, 5) is 32.1. The van der Waals surface area contributed by atoms with Crippen molar-refractivity contribution in [3.05, 3.63) is 56.2 Å². The average Bonchev–Trinajstić information content (AvgIpc) is 3.22. The fourth-order valence-electron chi connectivity index (χ4n) is 3.72. The van der Waals surface area contributed by atoms with E-state index in [0.717, 1.165) is 39.3 Å².